The number of carbonyl (C=O) groups is 1. The van der Waals surface area contributed by atoms with Crippen molar-refractivity contribution in [3.63, 3.8) is 0 Å². The lowest BCUT2D eigenvalue weighted by atomic mass is 10.1. The molecule has 0 unspecified atom stereocenters. The first-order valence-electron chi connectivity index (χ1n) is 11.1. The van der Waals surface area contributed by atoms with Crippen LogP contribution in [0.15, 0.2) is 47.8 Å². The summed E-state index contributed by atoms with van der Waals surface area (Å²) in [4.78, 5) is 17.4. The molecule has 3 heterocycles. The zero-order valence-electron chi connectivity index (χ0n) is 18.3. The molecule has 1 aliphatic heterocycles. The van der Waals surface area contributed by atoms with Crippen molar-refractivity contribution in [3.8, 4) is 22.0 Å². The third-order valence-corrected chi connectivity index (χ3v) is 7.13. The number of halogens is 1. The first kappa shape index (κ1) is 21.8. The highest BCUT2D eigenvalue weighted by atomic mass is 35.5. The largest absolute Gasteiger partial charge is 0.325 e. The maximum Gasteiger partial charge on any atom is 0.230 e. The average molecular weight is 478 g/mol. The minimum absolute atomic E-state index is 0.105. The van der Waals surface area contributed by atoms with Crippen molar-refractivity contribution in [1.29, 1.82) is 0 Å². The molecule has 0 fully saturated rings. The van der Waals surface area contributed by atoms with Crippen LogP contribution in [-0.2, 0) is 24.2 Å². The van der Waals surface area contributed by atoms with E-state index < -0.39 is 0 Å². The van der Waals surface area contributed by atoms with E-state index in [1.165, 1.54) is 17.8 Å². The summed E-state index contributed by atoms with van der Waals surface area (Å²) in [5, 5.41) is 15.3. The van der Waals surface area contributed by atoms with Gasteiger partial charge in [0, 0.05) is 35.2 Å². The van der Waals surface area contributed by atoms with E-state index in [1.807, 2.05) is 54.8 Å². The minimum atomic E-state index is -0.105. The van der Waals surface area contributed by atoms with Crippen LogP contribution in [0.3, 0.4) is 0 Å². The fourth-order valence-corrected chi connectivity index (χ4v) is 5.24. The lowest BCUT2D eigenvalue weighted by Crippen LogP contribution is -2.15. The van der Waals surface area contributed by atoms with Crippen LogP contribution < -0.4 is 5.32 Å². The molecule has 0 radical (unpaired) electrons. The first-order chi connectivity index (χ1) is 16.1. The third kappa shape index (κ3) is 4.70. The molecular formula is C25H24ClN5OS. The summed E-state index contributed by atoms with van der Waals surface area (Å²) in [5.41, 5.74) is 4.35. The zero-order valence-corrected chi connectivity index (χ0v) is 19.9. The number of amides is 1. The van der Waals surface area contributed by atoms with Crippen molar-refractivity contribution in [1.82, 2.24) is 19.7 Å². The van der Waals surface area contributed by atoms with Gasteiger partial charge >= 0.3 is 0 Å². The molecule has 2 aromatic carbocycles. The highest BCUT2D eigenvalue weighted by Gasteiger charge is 2.17. The molecule has 0 atom stereocenters. The van der Waals surface area contributed by atoms with Gasteiger partial charge in [-0.2, -0.15) is 0 Å². The number of nitrogens with zero attached hydrogens (tertiary/aromatic N) is 4. The van der Waals surface area contributed by atoms with Gasteiger partial charge < -0.3 is 9.88 Å². The Morgan fingerprint density at radius 2 is 2.03 bits per heavy atom. The van der Waals surface area contributed by atoms with Crippen LogP contribution in [0.1, 0.15) is 36.3 Å². The number of hydrogen-bond acceptors (Lipinski definition) is 5. The smallest absolute Gasteiger partial charge is 0.230 e. The van der Waals surface area contributed by atoms with Crippen LogP contribution in [0, 0.1) is 6.92 Å². The van der Waals surface area contributed by atoms with Gasteiger partial charge in [0.1, 0.15) is 10.8 Å². The van der Waals surface area contributed by atoms with Crippen molar-refractivity contribution in [2.24, 2.45) is 0 Å². The van der Waals surface area contributed by atoms with E-state index in [9.17, 15) is 4.79 Å². The summed E-state index contributed by atoms with van der Waals surface area (Å²) in [6, 6.07) is 13.6. The molecule has 1 amide bonds. The molecule has 6 nitrogen and oxygen atoms in total. The highest BCUT2D eigenvalue weighted by molar-refractivity contribution is 7.13. The summed E-state index contributed by atoms with van der Waals surface area (Å²) in [5.74, 6) is 1.81. The van der Waals surface area contributed by atoms with E-state index in [2.05, 4.69) is 25.1 Å². The van der Waals surface area contributed by atoms with Gasteiger partial charge in [0.15, 0.2) is 5.82 Å². The van der Waals surface area contributed by atoms with Gasteiger partial charge in [0.25, 0.3) is 0 Å². The number of carbonyl (C=O) groups excluding carboxylic acids is 1. The first-order valence-corrected chi connectivity index (χ1v) is 12.4. The Morgan fingerprint density at radius 1 is 1.15 bits per heavy atom. The van der Waals surface area contributed by atoms with E-state index in [1.54, 1.807) is 0 Å². The molecule has 168 valence electrons. The molecule has 1 aliphatic rings. The van der Waals surface area contributed by atoms with Crippen molar-refractivity contribution >= 4 is 34.5 Å². The fourth-order valence-electron chi connectivity index (χ4n) is 4.10. The predicted octanol–water partition coefficient (Wildman–Crippen LogP) is 5.94. The van der Waals surface area contributed by atoms with Gasteiger partial charge in [0.2, 0.25) is 5.91 Å². The van der Waals surface area contributed by atoms with E-state index in [0.717, 1.165) is 70.5 Å². The molecule has 0 saturated carbocycles. The van der Waals surface area contributed by atoms with Crippen molar-refractivity contribution in [3.05, 3.63) is 69.9 Å². The van der Waals surface area contributed by atoms with Gasteiger partial charge in [-0.05, 0) is 37.5 Å². The van der Waals surface area contributed by atoms with Crippen molar-refractivity contribution in [2.75, 3.05) is 5.32 Å². The number of aromatic nitrogens is 4. The Balaban J connectivity index is 1.33. The Bertz CT molecular complexity index is 1310. The van der Waals surface area contributed by atoms with Crippen LogP contribution in [0.25, 0.3) is 22.0 Å². The molecular weight excluding hydrogens is 454 g/mol. The molecule has 0 bridgehead atoms. The normalized spacial score (nSPS) is 13.4. The molecule has 5 rings (SSSR count). The van der Waals surface area contributed by atoms with Gasteiger partial charge in [-0.25, -0.2) is 4.98 Å². The number of aryl methyl sites for hydroxylation is 2. The van der Waals surface area contributed by atoms with Gasteiger partial charge in [-0.3, -0.25) is 4.79 Å². The van der Waals surface area contributed by atoms with Crippen LogP contribution in [0.4, 0.5) is 5.69 Å². The Kier molecular flexibility index (Phi) is 6.24. The van der Waals surface area contributed by atoms with E-state index in [4.69, 9.17) is 11.6 Å². The lowest BCUT2D eigenvalue weighted by molar-refractivity contribution is -0.115. The Morgan fingerprint density at radius 3 is 2.91 bits per heavy atom. The number of thiazole rings is 1. The van der Waals surface area contributed by atoms with Crippen molar-refractivity contribution < 1.29 is 4.79 Å². The quantitative estimate of drug-likeness (QED) is 0.386. The summed E-state index contributed by atoms with van der Waals surface area (Å²) < 4.78 is 2.22. The summed E-state index contributed by atoms with van der Waals surface area (Å²) >= 11 is 7.78. The van der Waals surface area contributed by atoms with E-state index >= 15 is 0 Å². The number of fused-ring (bicyclic) bond motifs is 1. The minimum Gasteiger partial charge on any atom is -0.325 e. The predicted molar refractivity (Wildman–Crippen MR) is 133 cm³/mol. The standard InChI is InChI=1S/C25H24ClN5OS/c1-16-10-11-17(24-30-29-22-9-3-2-6-12-31(22)24)13-21(16)28-23(32)14-18-15-33-25(27-18)19-7-4-5-8-20(19)26/h4-5,7-8,10-11,13,15H,2-3,6,9,12,14H2,1H3,(H,28,32). The number of anilines is 1. The number of hydrogen-bond donors (Lipinski definition) is 1. The van der Waals surface area contributed by atoms with Crippen LogP contribution >= 0.6 is 22.9 Å². The average Bonchev–Trinajstić information content (AvgIpc) is 3.36. The second kappa shape index (κ2) is 9.45. The summed E-state index contributed by atoms with van der Waals surface area (Å²) in [6.45, 7) is 2.92. The second-order valence-electron chi connectivity index (χ2n) is 8.28. The fraction of sp³-hybridized carbons (Fsp3) is 0.280. The SMILES string of the molecule is Cc1ccc(-c2nnc3n2CCCCC3)cc1NC(=O)Cc1csc(-c2ccccc2Cl)n1. The Hall–Kier alpha value is -3.03. The van der Waals surface area contributed by atoms with Crippen LogP contribution in [0.5, 0.6) is 0 Å². The van der Waals surface area contributed by atoms with E-state index in [0.29, 0.717) is 5.02 Å². The van der Waals surface area contributed by atoms with Gasteiger partial charge in [-0.1, -0.05) is 48.4 Å². The highest BCUT2D eigenvalue weighted by Crippen LogP contribution is 2.31. The van der Waals surface area contributed by atoms with Gasteiger partial charge in [-0.15, -0.1) is 21.5 Å². The second-order valence-corrected chi connectivity index (χ2v) is 9.55. The molecule has 4 aromatic rings. The maximum atomic E-state index is 12.8. The molecule has 0 saturated heterocycles. The third-order valence-electron chi connectivity index (χ3n) is 5.88. The molecule has 2 aromatic heterocycles. The topological polar surface area (TPSA) is 72.7 Å². The van der Waals surface area contributed by atoms with E-state index in [-0.39, 0.29) is 12.3 Å². The zero-order chi connectivity index (χ0) is 22.8. The molecule has 0 aliphatic carbocycles. The molecule has 0 spiro atoms. The van der Waals surface area contributed by atoms with Gasteiger partial charge in [0.05, 0.1) is 17.1 Å². The van der Waals surface area contributed by atoms with Crippen LogP contribution in [0.2, 0.25) is 5.02 Å². The maximum absolute atomic E-state index is 12.8. The molecule has 1 N–H and O–H groups in total. The molecule has 8 heteroatoms. The number of nitrogens with one attached hydrogen (secondary N) is 1. The number of rotatable bonds is 5. The number of benzene rings is 2. The lowest BCUT2D eigenvalue weighted by Gasteiger charge is -2.11. The molecule has 33 heavy (non-hydrogen) atoms. The monoisotopic (exact) mass is 477 g/mol. The summed E-state index contributed by atoms with van der Waals surface area (Å²) in [7, 11) is 0. The van der Waals surface area contributed by atoms with Crippen LogP contribution in [-0.4, -0.2) is 25.7 Å². The summed E-state index contributed by atoms with van der Waals surface area (Å²) in [6.07, 6.45) is 4.67. The Labute approximate surface area is 201 Å². The van der Waals surface area contributed by atoms with Crippen molar-refractivity contribution in [2.45, 2.75) is 45.6 Å².